The van der Waals surface area contributed by atoms with Gasteiger partial charge in [0.05, 0.1) is 36.4 Å². The summed E-state index contributed by atoms with van der Waals surface area (Å²) >= 11 is 0. The lowest BCUT2D eigenvalue weighted by Gasteiger charge is -2.36. The van der Waals surface area contributed by atoms with Crippen molar-refractivity contribution in [1.29, 1.82) is 0 Å². The van der Waals surface area contributed by atoms with Crippen molar-refractivity contribution >= 4 is 29.0 Å². The van der Waals surface area contributed by atoms with Crippen molar-refractivity contribution in [2.45, 2.75) is 6.54 Å². The second-order valence-electron chi connectivity index (χ2n) is 12.0. The third-order valence-electron chi connectivity index (χ3n) is 8.84. The molecule has 2 fully saturated rings. The molecule has 6 aromatic rings. The van der Waals surface area contributed by atoms with Crippen LogP contribution in [0, 0.1) is 5.82 Å². The van der Waals surface area contributed by atoms with E-state index in [0.717, 1.165) is 74.3 Å². The minimum atomic E-state index is -0.318. The number of aryl methyl sites for hydroxylation is 1. The van der Waals surface area contributed by atoms with Crippen LogP contribution in [0.25, 0.3) is 28.2 Å². The minimum Gasteiger partial charge on any atom is -0.378 e. The van der Waals surface area contributed by atoms with E-state index in [1.54, 1.807) is 47.4 Å². The predicted octanol–water partition coefficient (Wildman–Crippen LogP) is 3.73. The highest BCUT2D eigenvalue weighted by Gasteiger charge is 2.28. The molecule has 7 heterocycles. The van der Waals surface area contributed by atoms with E-state index in [1.807, 2.05) is 29.9 Å². The molecule has 2 aliphatic heterocycles. The zero-order valence-corrected chi connectivity index (χ0v) is 26.9. The molecule has 2 saturated heterocycles. The molecule has 15 heteroatoms. The summed E-state index contributed by atoms with van der Waals surface area (Å²) in [6.45, 7) is 6.59. The summed E-state index contributed by atoms with van der Waals surface area (Å²) in [6.07, 6.45) is 4.92. The van der Waals surface area contributed by atoms with Crippen LogP contribution < -0.4 is 15.1 Å². The van der Waals surface area contributed by atoms with Crippen molar-refractivity contribution in [2.75, 3.05) is 67.6 Å². The van der Waals surface area contributed by atoms with Crippen molar-refractivity contribution in [1.82, 2.24) is 39.4 Å². The number of halogens is 1. The van der Waals surface area contributed by atoms with Gasteiger partial charge in [-0.2, -0.15) is 10.2 Å². The first-order chi connectivity index (χ1) is 24.0. The van der Waals surface area contributed by atoms with Crippen LogP contribution >= 0.6 is 0 Å². The molecular weight excluding hydrogens is 629 g/mol. The van der Waals surface area contributed by atoms with Crippen molar-refractivity contribution in [3.8, 4) is 22.5 Å². The molecule has 0 spiro atoms. The first-order valence-electron chi connectivity index (χ1n) is 16.1. The molecule has 14 nitrogen and oxygen atoms in total. The molecule has 1 N–H and O–H groups in total. The number of imidazole rings is 1. The molecule has 0 radical (unpaired) electrons. The maximum absolute atomic E-state index is 13.9. The zero-order chi connectivity index (χ0) is 33.3. The Labute approximate surface area is 280 Å². The number of piperazine rings is 1. The van der Waals surface area contributed by atoms with E-state index < -0.39 is 0 Å². The highest BCUT2D eigenvalue weighted by atomic mass is 19.1. The number of hydrogen-bond donors (Lipinski definition) is 1. The summed E-state index contributed by atoms with van der Waals surface area (Å²) in [5, 5.41) is 16.8. The van der Waals surface area contributed by atoms with Crippen molar-refractivity contribution in [2.24, 2.45) is 7.05 Å². The number of benzene rings is 1. The molecule has 2 aliphatic rings. The van der Waals surface area contributed by atoms with Gasteiger partial charge in [0.2, 0.25) is 0 Å². The van der Waals surface area contributed by atoms with E-state index in [1.165, 1.54) is 12.1 Å². The van der Waals surface area contributed by atoms with E-state index in [-0.39, 0.29) is 11.7 Å². The summed E-state index contributed by atoms with van der Waals surface area (Å²) < 4.78 is 27.9. The first-order valence-corrected chi connectivity index (χ1v) is 16.1. The van der Waals surface area contributed by atoms with Crippen LogP contribution in [-0.2, 0) is 18.3 Å². The molecular formula is C34H34FN11O3. The van der Waals surface area contributed by atoms with Crippen molar-refractivity contribution < 1.29 is 18.4 Å². The van der Waals surface area contributed by atoms with E-state index in [4.69, 9.17) is 19.5 Å². The SMILES string of the molecule is Cn1nc(-c2ccc(F)cc2)c(-c2ccc3nc(NC(=O)c4ccnc(N5CCOCC5)c4)cn3n2)c1N1CCN(Cc2ccon2)CC1. The van der Waals surface area contributed by atoms with Crippen LogP contribution in [0.5, 0.6) is 0 Å². The van der Waals surface area contributed by atoms with Gasteiger partial charge in [-0.25, -0.2) is 18.9 Å². The molecule has 0 atom stereocenters. The average Bonchev–Trinajstić information content (AvgIpc) is 3.88. The number of nitrogens with zero attached hydrogens (tertiary/aromatic N) is 10. The van der Waals surface area contributed by atoms with Gasteiger partial charge in [0, 0.05) is 76.3 Å². The molecule has 1 amide bonds. The molecule has 1 aromatic carbocycles. The molecule has 0 unspecified atom stereocenters. The quantitative estimate of drug-likeness (QED) is 0.255. The lowest BCUT2D eigenvalue weighted by atomic mass is 10.0. The van der Waals surface area contributed by atoms with Crippen molar-refractivity contribution in [3.63, 3.8) is 0 Å². The van der Waals surface area contributed by atoms with Gasteiger partial charge < -0.3 is 24.4 Å². The topological polar surface area (TPSA) is 135 Å². The van der Waals surface area contributed by atoms with Gasteiger partial charge in [0.1, 0.15) is 29.4 Å². The van der Waals surface area contributed by atoms with E-state index >= 15 is 0 Å². The number of rotatable bonds is 8. The summed E-state index contributed by atoms with van der Waals surface area (Å²) in [4.78, 5) is 29.1. The lowest BCUT2D eigenvalue weighted by molar-refractivity contribution is 0.102. The highest BCUT2D eigenvalue weighted by Crippen LogP contribution is 2.39. The van der Waals surface area contributed by atoms with E-state index in [9.17, 15) is 9.18 Å². The Morgan fingerprint density at radius 2 is 1.76 bits per heavy atom. The van der Waals surface area contributed by atoms with Gasteiger partial charge in [-0.1, -0.05) is 5.16 Å². The molecule has 0 bridgehead atoms. The standard InChI is InChI=1S/C34H34FN11O3/c1-42-34(45-13-11-43(12-14-45)21-26-9-17-49-41-26)31(32(40-42)23-2-4-25(35)5-3-23)27-6-7-29-37-28(22-46(29)39-27)38-33(47)24-8-10-36-30(20-24)44-15-18-48-19-16-44/h2-10,17,20,22H,11-16,18-19,21H2,1H3,(H,38,47). The maximum Gasteiger partial charge on any atom is 0.257 e. The summed E-state index contributed by atoms with van der Waals surface area (Å²) in [7, 11) is 1.92. The molecule has 0 aliphatic carbocycles. The number of pyridine rings is 1. The fourth-order valence-electron chi connectivity index (χ4n) is 6.38. The van der Waals surface area contributed by atoms with E-state index in [2.05, 4.69) is 35.1 Å². The second kappa shape index (κ2) is 13.1. The Balaban J connectivity index is 1.08. The number of hydrogen-bond acceptors (Lipinski definition) is 11. The van der Waals surface area contributed by atoms with Gasteiger partial charge in [-0.15, -0.1) is 0 Å². The van der Waals surface area contributed by atoms with Gasteiger partial charge in [-0.3, -0.25) is 14.4 Å². The van der Waals surface area contributed by atoms with Crippen LogP contribution in [0.1, 0.15) is 16.1 Å². The summed E-state index contributed by atoms with van der Waals surface area (Å²) in [5.41, 5.74) is 4.91. The Hall–Kier alpha value is -5.67. The van der Waals surface area contributed by atoms with Crippen LogP contribution in [0.4, 0.5) is 21.8 Å². The van der Waals surface area contributed by atoms with Crippen LogP contribution in [-0.4, -0.2) is 97.8 Å². The number of ether oxygens (including phenoxy) is 1. The average molecular weight is 664 g/mol. The van der Waals surface area contributed by atoms with Gasteiger partial charge >= 0.3 is 0 Å². The lowest BCUT2D eigenvalue weighted by Crippen LogP contribution is -2.46. The van der Waals surface area contributed by atoms with Crippen LogP contribution in [0.3, 0.4) is 0 Å². The molecule has 0 saturated carbocycles. The Morgan fingerprint density at radius 1 is 0.939 bits per heavy atom. The monoisotopic (exact) mass is 663 g/mol. The fourth-order valence-corrected chi connectivity index (χ4v) is 6.38. The molecule has 49 heavy (non-hydrogen) atoms. The smallest absolute Gasteiger partial charge is 0.257 e. The fraction of sp³-hybridized carbons (Fsp3) is 0.294. The first kappa shape index (κ1) is 30.7. The number of fused-ring (bicyclic) bond motifs is 1. The number of carbonyl (C=O) groups is 1. The highest BCUT2D eigenvalue weighted by molar-refractivity contribution is 6.04. The van der Waals surface area contributed by atoms with Gasteiger partial charge in [-0.05, 0) is 48.5 Å². The summed E-state index contributed by atoms with van der Waals surface area (Å²) in [6, 6.07) is 15.4. The Kier molecular flexibility index (Phi) is 8.19. The number of aromatic nitrogens is 7. The largest absolute Gasteiger partial charge is 0.378 e. The number of nitrogens with one attached hydrogen (secondary N) is 1. The maximum atomic E-state index is 13.9. The van der Waals surface area contributed by atoms with Crippen molar-refractivity contribution in [3.05, 3.63) is 90.3 Å². The number of anilines is 3. The molecule has 5 aromatic heterocycles. The third-order valence-corrected chi connectivity index (χ3v) is 8.84. The number of amides is 1. The zero-order valence-electron chi connectivity index (χ0n) is 26.9. The third kappa shape index (κ3) is 6.33. The van der Waals surface area contributed by atoms with E-state index in [0.29, 0.717) is 41.6 Å². The Bertz CT molecular complexity index is 2080. The molecule has 250 valence electrons. The summed E-state index contributed by atoms with van der Waals surface area (Å²) in [5.74, 6) is 1.40. The second-order valence-corrected chi connectivity index (χ2v) is 12.0. The van der Waals surface area contributed by atoms with Crippen LogP contribution in [0.2, 0.25) is 0 Å². The van der Waals surface area contributed by atoms with Crippen LogP contribution in [0.15, 0.2) is 77.8 Å². The molecule has 8 rings (SSSR count). The Morgan fingerprint density at radius 3 is 2.53 bits per heavy atom. The van der Waals surface area contributed by atoms with Gasteiger partial charge in [0.15, 0.2) is 11.5 Å². The normalized spacial score (nSPS) is 15.6. The number of morpholine rings is 1. The number of carbonyl (C=O) groups excluding carboxylic acids is 1. The minimum absolute atomic E-state index is 0.295. The van der Waals surface area contributed by atoms with Gasteiger partial charge in [0.25, 0.3) is 5.91 Å². The predicted molar refractivity (Wildman–Crippen MR) is 180 cm³/mol.